The summed E-state index contributed by atoms with van der Waals surface area (Å²) in [5, 5.41) is 2.17. The van der Waals surface area contributed by atoms with Crippen LogP contribution in [0.1, 0.15) is 6.42 Å². The number of carbonyl (C=O) groups is 2. The number of methoxy groups -OCH3 is 1. The van der Waals surface area contributed by atoms with Crippen LogP contribution in [0.15, 0.2) is 24.4 Å². The largest absolute Gasteiger partial charge is 0.479 e. The van der Waals surface area contributed by atoms with Crippen molar-refractivity contribution in [2.75, 3.05) is 18.6 Å². The molecule has 1 aliphatic rings. The highest BCUT2D eigenvalue weighted by Gasteiger charge is 2.27. The van der Waals surface area contributed by atoms with E-state index in [1.54, 1.807) is 0 Å². The standard InChI is InChI=1S/C15H12F2N4O4/c1-24-13-11(21-3-2-12(22)19-15(21)23)7-18-14(20-13)25-10-5-8(16)4-9(17)6-10/h4-7H,2-3H2,1H3,(H,19,22,23). The molecule has 0 aliphatic carbocycles. The molecule has 1 aromatic carbocycles. The predicted octanol–water partition coefficient (Wildman–Crippen LogP) is 2.00. The van der Waals surface area contributed by atoms with E-state index < -0.39 is 17.7 Å². The number of hydrogen-bond acceptors (Lipinski definition) is 6. The van der Waals surface area contributed by atoms with E-state index in [-0.39, 0.29) is 42.2 Å². The first kappa shape index (κ1) is 16.6. The third-order valence-corrected chi connectivity index (χ3v) is 3.30. The van der Waals surface area contributed by atoms with Crippen LogP contribution in [-0.2, 0) is 4.79 Å². The fourth-order valence-corrected chi connectivity index (χ4v) is 2.22. The summed E-state index contributed by atoms with van der Waals surface area (Å²) in [7, 11) is 1.32. The monoisotopic (exact) mass is 350 g/mol. The summed E-state index contributed by atoms with van der Waals surface area (Å²) >= 11 is 0. The van der Waals surface area contributed by atoms with Crippen molar-refractivity contribution in [1.29, 1.82) is 0 Å². The van der Waals surface area contributed by atoms with Crippen LogP contribution in [0, 0.1) is 11.6 Å². The van der Waals surface area contributed by atoms with E-state index in [9.17, 15) is 18.4 Å². The fourth-order valence-electron chi connectivity index (χ4n) is 2.22. The smallest absolute Gasteiger partial charge is 0.328 e. The highest BCUT2D eigenvalue weighted by atomic mass is 19.1. The summed E-state index contributed by atoms with van der Waals surface area (Å²) in [5.74, 6) is -2.13. The summed E-state index contributed by atoms with van der Waals surface area (Å²) in [4.78, 5) is 32.2. The van der Waals surface area contributed by atoms with Crippen LogP contribution in [0.3, 0.4) is 0 Å². The average molecular weight is 350 g/mol. The lowest BCUT2D eigenvalue weighted by atomic mass is 10.3. The van der Waals surface area contributed by atoms with Crippen LogP contribution in [0.25, 0.3) is 0 Å². The second kappa shape index (κ2) is 6.67. The van der Waals surface area contributed by atoms with Gasteiger partial charge in [-0.1, -0.05) is 0 Å². The molecule has 2 heterocycles. The maximum absolute atomic E-state index is 13.2. The summed E-state index contributed by atoms with van der Waals surface area (Å²) in [5.41, 5.74) is 0.227. The van der Waals surface area contributed by atoms with E-state index in [0.29, 0.717) is 6.07 Å². The first-order valence-electron chi connectivity index (χ1n) is 7.12. The summed E-state index contributed by atoms with van der Waals surface area (Å²) in [6.07, 6.45) is 1.38. The molecule has 1 aliphatic heterocycles. The molecule has 0 bridgehead atoms. The number of hydrogen-bond donors (Lipinski definition) is 1. The van der Waals surface area contributed by atoms with Crippen LogP contribution < -0.4 is 19.7 Å². The maximum atomic E-state index is 13.2. The minimum atomic E-state index is -0.812. The minimum Gasteiger partial charge on any atom is -0.479 e. The molecular formula is C15H12F2N4O4. The summed E-state index contributed by atoms with van der Waals surface area (Å²) in [6.45, 7) is 0.139. The Hall–Kier alpha value is -3.30. The van der Waals surface area contributed by atoms with Gasteiger partial charge in [-0.15, -0.1) is 0 Å². The normalized spacial score (nSPS) is 14.3. The second-order valence-corrected chi connectivity index (χ2v) is 5.01. The number of amides is 3. The lowest BCUT2D eigenvalue weighted by Crippen LogP contribution is -2.49. The molecule has 0 unspecified atom stereocenters. The lowest BCUT2D eigenvalue weighted by molar-refractivity contribution is -0.120. The van der Waals surface area contributed by atoms with Gasteiger partial charge in [0.1, 0.15) is 23.1 Å². The van der Waals surface area contributed by atoms with Gasteiger partial charge in [-0.25, -0.2) is 18.6 Å². The van der Waals surface area contributed by atoms with Crippen LogP contribution >= 0.6 is 0 Å². The molecule has 130 valence electrons. The van der Waals surface area contributed by atoms with Gasteiger partial charge in [0.15, 0.2) is 0 Å². The zero-order chi connectivity index (χ0) is 18.0. The number of anilines is 1. The summed E-state index contributed by atoms with van der Waals surface area (Å²) in [6, 6.07) is 1.79. The number of aromatic nitrogens is 2. The molecule has 3 rings (SSSR count). The van der Waals surface area contributed by atoms with Crippen molar-refractivity contribution in [3.05, 3.63) is 36.0 Å². The van der Waals surface area contributed by atoms with E-state index in [0.717, 1.165) is 12.1 Å². The number of imide groups is 1. The van der Waals surface area contributed by atoms with Crippen molar-refractivity contribution in [3.63, 3.8) is 0 Å². The number of nitrogens with zero attached hydrogens (tertiary/aromatic N) is 3. The number of nitrogens with one attached hydrogen (secondary N) is 1. The van der Waals surface area contributed by atoms with Crippen LogP contribution in [-0.4, -0.2) is 35.6 Å². The summed E-state index contributed by atoms with van der Waals surface area (Å²) < 4.78 is 36.7. The molecule has 1 aromatic heterocycles. The Balaban J connectivity index is 1.86. The van der Waals surface area contributed by atoms with Gasteiger partial charge >= 0.3 is 12.0 Å². The zero-order valence-electron chi connectivity index (χ0n) is 13.0. The van der Waals surface area contributed by atoms with Crippen LogP contribution in [0.5, 0.6) is 17.6 Å². The van der Waals surface area contributed by atoms with Gasteiger partial charge in [-0.3, -0.25) is 15.0 Å². The van der Waals surface area contributed by atoms with Gasteiger partial charge in [-0.2, -0.15) is 4.98 Å². The van der Waals surface area contributed by atoms with Crippen molar-refractivity contribution in [1.82, 2.24) is 15.3 Å². The Bertz CT molecular complexity index is 826. The first-order chi connectivity index (χ1) is 12.0. The molecule has 8 nitrogen and oxygen atoms in total. The molecular weight excluding hydrogens is 338 g/mol. The van der Waals surface area contributed by atoms with E-state index in [4.69, 9.17) is 9.47 Å². The van der Waals surface area contributed by atoms with Gasteiger partial charge in [0, 0.05) is 31.2 Å². The van der Waals surface area contributed by atoms with Gasteiger partial charge in [0.25, 0.3) is 0 Å². The van der Waals surface area contributed by atoms with E-state index in [2.05, 4.69) is 15.3 Å². The van der Waals surface area contributed by atoms with Crippen LogP contribution in [0.2, 0.25) is 0 Å². The number of benzene rings is 1. The van der Waals surface area contributed by atoms with Gasteiger partial charge in [-0.05, 0) is 0 Å². The van der Waals surface area contributed by atoms with Gasteiger partial charge in [0.2, 0.25) is 11.8 Å². The van der Waals surface area contributed by atoms with E-state index >= 15 is 0 Å². The predicted molar refractivity (Wildman–Crippen MR) is 80.5 cm³/mol. The lowest BCUT2D eigenvalue weighted by Gasteiger charge is -2.26. The van der Waals surface area contributed by atoms with Crippen molar-refractivity contribution in [2.24, 2.45) is 0 Å². The molecule has 25 heavy (non-hydrogen) atoms. The van der Waals surface area contributed by atoms with Crippen molar-refractivity contribution >= 4 is 17.6 Å². The Kier molecular flexibility index (Phi) is 4.42. The molecule has 1 fully saturated rings. The van der Waals surface area contributed by atoms with Crippen molar-refractivity contribution in [2.45, 2.75) is 6.42 Å². The van der Waals surface area contributed by atoms with E-state index in [1.807, 2.05) is 0 Å². The van der Waals surface area contributed by atoms with Crippen molar-refractivity contribution in [3.8, 4) is 17.6 Å². The average Bonchev–Trinajstić information content (AvgIpc) is 2.54. The quantitative estimate of drug-likeness (QED) is 0.906. The van der Waals surface area contributed by atoms with Crippen molar-refractivity contribution < 1.29 is 27.8 Å². The molecule has 3 amide bonds. The highest BCUT2D eigenvalue weighted by Crippen LogP contribution is 2.30. The topological polar surface area (TPSA) is 93.7 Å². The highest BCUT2D eigenvalue weighted by molar-refractivity contribution is 6.06. The fraction of sp³-hybridized carbons (Fsp3) is 0.200. The van der Waals surface area contributed by atoms with Gasteiger partial charge in [0.05, 0.1) is 13.3 Å². The molecule has 0 spiro atoms. The molecule has 0 saturated carbocycles. The number of urea groups is 1. The molecule has 0 atom stereocenters. The number of rotatable bonds is 4. The third kappa shape index (κ3) is 3.62. The third-order valence-electron chi connectivity index (χ3n) is 3.30. The zero-order valence-corrected chi connectivity index (χ0v) is 13.0. The van der Waals surface area contributed by atoms with Crippen LogP contribution in [0.4, 0.5) is 19.3 Å². The Morgan fingerprint density at radius 3 is 2.56 bits per heavy atom. The number of carbonyl (C=O) groups excluding carboxylic acids is 2. The second-order valence-electron chi connectivity index (χ2n) is 5.01. The Labute approximate surface area is 140 Å². The molecule has 0 radical (unpaired) electrons. The number of ether oxygens (including phenoxy) is 2. The SMILES string of the molecule is COc1nc(Oc2cc(F)cc(F)c2)ncc1N1CCC(=O)NC1=O. The Morgan fingerprint density at radius 1 is 1.20 bits per heavy atom. The molecule has 2 aromatic rings. The molecule has 1 saturated heterocycles. The maximum Gasteiger partial charge on any atom is 0.328 e. The molecule has 1 N–H and O–H groups in total. The number of halogens is 2. The minimum absolute atomic E-state index is 0.00590. The van der Waals surface area contributed by atoms with E-state index in [1.165, 1.54) is 18.2 Å². The Morgan fingerprint density at radius 2 is 1.92 bits per heavy atom. The molecule has 10 heteroatoms. The first-order valence-corrected chi connectivity index (χ1v) is 7.12. The van der Waals surface area contributed by atoms with Gasteiger partial charge < -0.3 is 9.47 Å².